The summed E-state index contributed by atoms with van der Waals surface area (Å²) in [7, 11) is 0.116. The summed E-state index contributed by atoms with van der Waals surface area (Å²) in [6, 6.07) is 22.2. The maximum absolute atomic E-state index is 14.2. The number of piperazine rings is 3. The van der Waals surface area contributed by atoms with Crippen molar-refractivity contribution in [3.05, 3.63) is 89.0 Å². The van der Waals surface area contributed by atoms with E-state index in [4.69, 9.17) is 4.74 Å². The van der Waals surface area contributed by atoms with Crippen LogP contribution >= 0.6 is 0 Å². The Hall–Kier alpha value is -2.99. The fraction of sp³-hybridized carbons (Fsp3) is 0.550. The van der Waals surface area contributed by atoms with Gasteiger partial charge in [0.1, 0.15) is 24.6 Å². The van der Waals surface area contributed by atoms with Crippen LogP contribution in [0.4, 0.5) is 5.69 Å². The van der Waals surface area contributed by atoms with Gasteiger partial charge in [0.05, 0.1) is 36.4 Å². The number of nitrogens with zero attached hydrogens (tertiary/aromatic N) is 3. The molecule has 3 aromatic carbocycles. The summed E-state index contributed by atoms with van der Waals surface area (Å²) in [5, 5.41) is 19.5. The Kier molecular flexibility index (Phi) is 11.6. The highest BCUT2D eigenvalue weighted by Gasteiger charge is 2.50. The van der Waals surface area contributed by atoms with Gasteiger partial charge >= 0.3 is 0 Å². The minimum absolute atomic E-state index is 0.238. The fourth-order valence-corrected chi connectivity index (χ4v) is 9.95. The Balaban J connectivity index is 1.24. The number of hydrogen-bond donors (Lipinski definition) is 3. The topological polar surface area (TPSA) is 94.1 Å². The molecule has 0 amide bonds. The van der Waals surface area contributed by atoms with Crippen molar-refractivity contribution >= 4 is 15.5 Å². The second kappa shape index (κ2) is 15.7. The third-order valence-corrected chi connectivity index (χ3v) is 13.1. The number of quaternary nitrogens is 1. The molecule has 0 unspecified atom stereocenters. The van der Waals surface area contributed by atoms with Crippen LogP contribution in [-0.2, 0) is 23.0 Å². The predicted octanol–water partition coefficient (Wildman–Crippen LogP) is 4.73. The highest BCUT2D eigenvalue weighted by molar-refractivity contribution is 7.91. The monoisotopic (exact) mass is 704 g/mol. The average molecular weight is 705 g/mol. The molecular formula is C40H58N5O4S+. The largest absolute Gasteiger partial charge is 0.489 e. The number of sulfone groups is 1. The van der Waals surface area contributed by atoms with E-state index in [-0.39, 0.29) is 10.6 Å². The Bertz CT molecular complexity index is 1650. The van der Waals surface area contributed by atoms with E-state index in [2.05, 4.69) is 53.6 Å². The van der Waals surface area contributed by atoms with Gasteiger partial charge in [-0.2, -0.15) is 0 Å². The highest BCUT2D eigenvalue weighted by atomic mass is 32.2. The number of ether oxygens (including phenoxy) is 1. The number of nitrogens with one attached hydrogen (secondary N) is 2. The molecule has 2 atom stereocenters. The van der Waals surface area contributed by atoms with Gasteiger partial charge in [-0.3, -0.25) is 15.5 Å². The van der Waals surface area contributed by atoms with Crippen LogP contribution in [0.3, 0.4) is 0 Å². The average Bonchev–Trinajstić information content (AvgIpc) is 3.19. The third kappa shape index (κ3) is 8.06. The van der Waals surface area contributed by atoms with Gasteiger partial charge in [-0.15, -0.1) is 0 Å². The van der Waals surface area contributed by atoms with E-state index < -0.39 is 27.5 Å². The Morgan fingerprint density at radius 3 is 2.06 bits per heavy atom. The summed E-state index contributed by atoms with van der Waals surface area (Å²) in [4.78, 5) is 4.83. The van der Waals surface area contributed by atoms with Crippen molar-refractivity contribution in [2.75, 3.05) is 77.1 Å². The van der Waals surface area contributed by atoms with Gasteiger partial charge in [-0.1, -0.05) is 63.1 Å². The van der Waals surface area contributed by atoms with E-state index in [0.717, 1.165) is 54.8 Å². The molecule has 9 nitrogen and oxygen atoms in total. The summed E-state index contributed by atoms with van der Waals surface area (Å²) >= 11 is 0. The number of rotatable bonds is 15. The zero-order valence-electron chi connectivity index (χ0n) is 30.5. The molecule has 3 aromatic rings. The molecule has 3 N–H and O–H groups in total. The number of unbranched alkanes of at least 4 members (excludes halogenated alkanes) is 2. The molecule has 7 rings (SSSR count). The molecule has 0 spiro atoms. The first-order valence-electron chi connectivity index (χ1n) is 18.7. The summed E-state index contributed by atoms with van der Waals surface area (Å²) < 4.78 is 35.8. The molecule has 3 fully saturated rings. The van der Waals surface area contributed by atoms with Crippen LogP contribution < -0.4 is 20.3 Å². The summed E-state index contributed by atoms with van der Waals surface area (Å²) in [6.45, 7) is 14.4. The van der Waals surface area contributed by atoms with Crippen molar-refractivity contribution in [2.45, 2.75) is 75.3 Å². The van der Waals surface area contributed by atoms with Gasteiger partial charge in [0.2, 0.25) is 0 Å². The first kappa shape index (κ1) is 36.8. The molecular weight excluding hydrogens is 647 g/mol. The van der Waals surface area contributed by atoms with Gasteiger partial charge < -0.3 is 19.2 Å². The first-order chi connectivity index (χ1) is 24.1. The molecule has 10 heteroatoms. The van der Waals surface area contributed by atoms with Crippen LogP contribution in [0.1, 0.15) is 67.7 Å². The predicted molar refractivity (Wildman–Crippen MR) is 201 cm³/mol. The molecule has 4 heterocycles. The molecule has 0 aromatic heterocycles. The van der Waals surface area contributed by atoms with Crippen LogP contribution in [0.25, 0.3) is 0 Å². The minimum atomic E-state index is -3.77. The number of aliphatic hydroxyl groups is 1. The lowest BCUT2D eigenvalue weighted by atomic mass is 9.81. The van der Waals surface area contributed by atoms with Crippen LogP contribution in [0.15, 0.2) is 71.6 Å². The van der Waals surface area contributed by atoms with E-state index in [0.29, 0.717) is 25.3 Å². The Morgan fingerprint density at radius 1 is 0.880 bits per heavy atom. The second-order valence-electron chi connectivity index (χ2n) is 15.0. The van der Waals surface area contributed by atoms with Crippen LogP contribution in [0.2, 0.25) is 0 Å². The van der Waals surface area contributed by atoms with Crippen molar-refractivity contribution in [3.8, 4) is 5.75 Å². The van der Waals surface area contributed by atoms with E-state index in [9.17, 15) is 13.5 Å². The summed E-state index contributed by atoms with van der Waals surface area (Å²) in [6.07, 6.45) is 2.61. The van der Waals surface area contributed by atoms with Gasteiger partial charge in [0.25, 0.3) is 0 Å². The molecule has 0 saturated carbocycles. The van der Waals surface area contributed by atoms with Crippen molar-refractivity contribution < 1.29 is 22.7 Å². The third-order valence-electron chi connectivity index (χ3n) is 11.2. The van der Waals surface area contributed by atoms with E-state index >= 15 is 0 Å². The van der Waals surface area contributed by atoms with Crippen LogP contribution in [0, 0.1) is 0 Å². The van der Waals surface area contributed by atoms with Crippen molar-refractivity contribution in [2.24, 2.45) is 0 Å². The molecule has 0 aliphatic carbocycles. The molecule has 4 aliphatic heterocycles. The zero-order valence-corrected chi connectivity index (χ0v) is 31.4. The molecule has 3 saturated heterocycles. The molecule has 0 radical (unpaired) electrons. The molecule has 2 bridgehead atoms. The lowest BCUT2D eigenvalue weighted by Crippen LogP contribution is -2.68. The van der Waals surface area contributed by atoms with Gasteiger partial charge in [-0.25, -0.2) is 8.42 Å². The smallest absolute Gasteiger partial charge is 0.181 e. The van der Waals surface area contributed by atoms with Crippen LogP contribution in [0.5, 0.6) is 5.75 Å². The lowest BCUT2D eigenvalue weighted by Gasteiger charge is -2.50. The molecule has 50 heavy (non-hydrogen) atoms. The number of benzene rings is 3. The SMILES string of the molecule is CCCCNC1(NCCCC)CS(=O)(=O)c2ccc(N(C)C)cc2[C@@H](c2ccc(OCc3ccc(C[N+]45CCN(CC4)CC5)cc3)cc2)[C@H]1O. The van der Waals surface area contributed by atoms with Gasteiger partial charge in [-0.05, 0) is 73.0 Å². The Labute approximate surface area is 300 Å². The molecule has 272 valence electrons. The lowest BCUT2D eigenvalue weighted by molar-refractivity contribution is -0.953. The Morgan fingerprint density at radius 2 is 1.48 bits per heavy atom. The summed E-state index contributed by atoms with van der Waals surface area (Å²) in [5.74, 6) is -0.104. The number of aliphatic hydroxyl groups excluding tert-OH is 1. The van der Waals surface area contributed by atoms with E-state index in [1.165, 1.54) is 49.3 Å². The van der Waals surface area contributed by atoms with E-state index in [1.54, 1.807) is 6.07 Å². The number of fused-ring (bicyclic) bond motifs is 4. The van der Waals surface area contributed by atoms with Gasteiger partial charge in [0.15, 0.2) is 9.84 Å². The van der Waals surface area contributed by atoms with Gasteiger partial charge in [0, 0.05) is 50.9 Å². The molecule has 4 aliphatic rings. The highest BCUT2D eigenvalue weighted by Crippen LogP contribution is 2.42. The maximum atomic E-state index is 14.2. The van der Waals surface area contributed by atoms with Crippen molar-refractivity contribution in [3.63, 3.8) is 0 Å². The number of hydrogen-bond acceptors (Lipinski definition) is 8. The summed E-state index contributed by atoms with van der Waals surface area (Å²) in [5.41, 5.74) is 3.63. The van der Waals surface area contributed by atoms with Crippen molar-refractivity contribution in [1.82, 2.24) is 15.5 Å². The maximum Gasteiger partial charge on any atom is 0.181 e. The minimum Gasteiger partial charge on any atom is -0.489 e. The van der Waals surface area contributed by atoms with Crippen LogP contribution in [-0.4, -0.2) is 107 Å². The standard InChI is InChI=1S/C40H58N5O4S/c1-5-7-19-41-40(42-20-8-6-2)30-50(47,48)37-18-15-34(43(3)4)27-36(37)38(39(40)46)33-13-16-35(17-14-33)49-29-32-11-9-31(10-12-32)28-45-24-21-44(22-25-45)23-26-45/h9-18,27,38-39,41-42,46H,5-8,19-26,28-30H2,1-4H3/q+1/t38-,39-/m1/s1. The second-order valence-corrected chi connectivity index (χ2v) is 17.0. The zero-order chi connectivity index (χ0) is 35.4. The fourth-order valence-electron chi connectivity index (χ4n) is 8.00. The van der Waals surface area contributed by atoms with E-state index in [1.807, 2.05) is 55.4 Å². The quantitative estimate of drug-likeness (QED) is 0.119. The first-order valence-corrected chi connectivity index (χ1v) is 20.3. The number of anilines is 1. The normalized spacial score (nSPS) is 25.1. The van der Waals surface area contributed by atoms with Crippen molar-refractivity contribution in [1.29, 1.82) is 0 Å².